The lowest BCUT2D eigenvalue weighted by Gasteiger charge is -2.03. The van der Waals surface area contributed by atoms with Crippen molar-refractivity contribution in [2.75, 3.05) is 5.73 Å². The van der Waals surface area contributed by atoms with Gasteiger partial charge in [-0.2, -0.15) is 0 Å². The molecule has 0 unspecified atom stereocenters. The van der Waals surface area contributed by atoms with Gasteiger partial charge < -0.3 is 5.73 Å². The third-order valence-corrected chi connectivity index (χ3v) is 2.11. The van der Waals surface area contributed by atoms with Crippen LogP contribution in [0.2, 0.25) is 0 Å². The Balaban J connectivity index is 2.89. The van der Waals surface area contributed by atoms with Crippen LogP contribution in [-0.4, -0.2) is 4.98 Å². The van der Waals surface area contributed by atoms with E-state index in [0.29, 0.717) is 5.39 Å². The second-order valence-corrected chi connectivity index (χ2v) is 3.12. The number of benzene rings is 1. The highest BCUT2D eigenvalue weighted by atomic mass is 19.2. The lowest BCUT2D eigenvalue weighted by Crippen LogP contribution is -1.97. The molecule has 0 atom stereocenters. The van der Waals surface area contributed by atoms with E-state index < -0.39 is 11.6 Å². The Bertz CT molecular complexity index is 509. The fourth-order valence-corrected chi connectivity index (χ4v) is 1.30. The smallest absolute Gasteiger partial charge is 0.185 e. The molecule has 4 heteroatoms. The van der Waals surface area contributed by atoms with Gasteiger partial charge in [-0.05, 0) is 30.7 Å². The van der Waals surface area contributed by atoms with Crippen molar-refractivity contribution < 1.29 is 8.78 Å². The van der Waals surface area contributed by atoms with Crippen molar-refractivity contribution in [3.8, 4) is 0 Å². The van der Waals surface area contributed by atoms with E-state index in [4.69, 9.17) is 5.73 Å². The van der Waals surface area contributed by atoms with Crippen LogP contribution < -0.4 is 5.73 Å². The predicted octanol–water partition coefficient (Wildman–Crippen LogP) is 2.40. The zero-order valence-corrected chi connectivity index (χ0v) is 7.51. The Kier molecular flexibility index (Phi) is 1.84. The van der Waals surface area contributed by atoms with Gasteiger partial charge in [0.2, 0.25) is 0 Å². The Morgan fingerprint density at radius 1 is 1.29 bits per heavy atom. The minimum atomic E-state index is -0.950. The van der Waals surface area contributed by atoms with Crippen molar-refractivity contribution in [3.63, 3.8) is 0 Å². The molecule has 1 heterocycles. The van der Waals surface area contributed by atoms with Crippen LogP contribution >= 0.6 is 0 Å². The summed E-state index contributed by atoms with van der Waals surface area (Å²) in [4.78, 5) is 3.80. The number of nitrogen functional groups attached to an aromatic ring is 1. The molecule has 2 rings (SSSR count). The lowest BCUT2D eigenvalue weighted by molar-refractivity contribution is 0.515. The maximum Gasteiger partial charge on any atom is 0.185 e. The number of halogens is 2. The molecule has 14 heavy (non-hydrogen) atoms. The summed E-state index contributed by atoms with van der Waals surface area (Å²) in [5.74, 6) is -1.63. The van der Waals surface area contributed by atoms with Crippen molar-refractivity contribution >= 4 is 16.7 Å². The minimum absolute atomic E-state index is 0.0203. The summed E-state index contributed by atoms with van der Waals surface area (Å²) in [5.41, 5.74) is 6.24. The van der Waals surface area contributed by atoms with Crippen LogP contribution in [0.4, 0.5) is 14.6 Å². The normalized spacial score (nSPS) is 10.8. The standard InChI is InChI=1S/C10H8F2N2/c1-5-4-6-2-3-7(11)8(12)9(6)14-10(5)13/h2-4H,1H3,(H2,13,14). The molecule has 2 N–H and O–H groups in total. The van der Waals surface area contributed by atoms with E-state index in [2.05, 4.69) is 4.98 Å². The molecule has 0 aliphatic carbocycles. The van der Waals surface area contributed by atoms with Gasteiger partial charge in [0.1, 0.15) is 11.3 Å². The fourth-order valence-electron chi connectivity index (χ4n) is 1.30. The fraction of sp³-hybridized carbons (Fsp3) is 0.100. The highest BCUT2D eigenvalue weighted by Crippen LogP contribution is 2.21. The molecular weight excluding hydrogens is 186 g/mol. The lowest BCUT2D eigenvalue weighted by atomic mass is 10.1. The number of rotatable bonds is 0. The van der Waals surface area contributed by atoms with Crippen LogP contribution in [0.1, 0.15) is 5.56 Å². The number of pyridine rings is 1. The molecule has 0 saturated carbocycles. The molecule has 0 saturated heterocycles. The van der Waals surface area contributed by atoms with Crippen LogP contribution in [-0.2, 0) is 0 Å². The molecule has 0 bridgehead atoms. The Labute approximate surface area is 79.4 Å². The van der Waals surface area contributed by atoms with Gasteiger partial charge in [0.05, 0.1) is 0 Å². The number of nitrogens with zero attached hydrogens (tertiary/aromatic N) is 1. The third kappa shape index (κ3) is 1.19. The second kappa shape index (κ2) is 2.90. The summed E-state index contributed by atoms with van der Waals surface area (Å²) >= 11 is 0. The average molecular weight is 194 g/mol. The average Bonchev–Trinajstić information content (AvgIpc) is 2.15. The van der Waals surface area contributed by atoms with E-state index >= 15 is 0 Å². The summed E-state index contributed by atoms with van der Waals surface area (Å²) < 4.78 is 26.0. The SMILES string of the molecule is Cc1cc2ccc(F)c(F)c2nc1N. The van der Waals surface area contributed by atoms with Crippen molar-refractivity contribution in [2.24, 2.45) is 0 Å². The van der Waals surface area contributed by atoms with Crippen molar-refractivity contribution in [2.45, 2.75) is 6.92 Å². The van der Waals surface area contributed by atoms with E-state index in [9.17, 15) is 8.78 Å². The minimum Gasteiger partial charge on any atom is -0.383 e. The molecule has 2 aromatic rings. The van der Waals surface area contributed by atoms with Gasteiger partial charge in [-0.15, -0.1) is 0 Å². The first-order valence-electron chi connectivity index (χ1n) is 4.10. The van der Waals surface area contributed by atoms with Gasteiger partial charge >= 0.3 is 0 Å². The van der Waals surface area contributed by atoms with Crippen LogP contribution in [0.3, 0.4) is 0 Å². The van der Waals surface area contributed by atoms with Crippen LogP contribution in [0.5, 0.6) is 0 Å². The largest absolute Gasteiger partial charge is 0.383 e. The molecular formula is C10H8F2N2. The maximum atomic E-state index is 13.2. The van der Waals surface area contributed by atoms with Crippen LogP contribution in [0, 0.1) is 18.6 Å². The monoisotopic (exact) mass is 194 g/mol. The van der Waals surface area contributed by atoms with Crippen LogP contribution in [0.15, 0.2) is 18.2 Å². The first-order valence-corrected chi connectivity index (χ1v) is 4.10. The van der Waals surface area contributed by atoms with Crippen molar-refractivity contribution in [3.05, 3.63) is 35.4 Å². The number of aryl methyl sites for hydroxylation is 1. The summed E-state index contributed by atoms with van der Waals surface area (Å²) in [6.45, 7) is 1.77. The third-order valence-electron chi connectivity index (χ3n) is 2.11. The quantitative estimate of drug-likeness (QED) is 0.699. The van der Waals surface area contributed by atoms with Gasteiger partial charge in [0.15, 0.2) is 11.6 Å². The summed E-state index contributed by atoms with van der Waals surface area (Å²) in [6, 6.07) is 4.24. The highest BCUT2D eigenvalue weighted by molar-refractivity contribution is 5.81. The second-order valence-electron chi connectivity index (χ2n) is 3.12. The van der Waals surface area contributed by atoms with E-state index in [1.54, 1.807) is 13.0 Å². The van der Waals surface area contributed by atoms with Crippen LogP contribution in [0.25, 0.3) is 10.9 Å². The summed E-state index contributed by atoms with van der Waals surface area (Å²) in [6.07, 6.45) is 0. The molecule has 0 aliphatic heterocycles. The zero-order valence-electron chi connectivity index (χ0n) is 7.51. The number of nitrogens with two attached hydrogens (primary N) is 1. The Morgan fingerprint density at radius 2 is 2.00 bits per heavy atom. The van der Waals surface area contributed by atoms with Gasteiger partial charge in [0, 0.05) is 5.39 Å². The molecule has 0 fully saturated rings. The number of hydrogen-bond donors (Lipinski definition) is 1. The molecule has 1 aromatic heterocycles. The van der Waals surface area contributed by atoms with E-state index in [0.717, 1.165) is 11.6 Å². The van der Waals surface area contributed by atoms with Gasteiger partial charge in [-0.3, -0.25) is 0 Å². The van der Waals surface area contributed by atoms with E-state index in [1.165, 1.54) is 6.07 Å². The topological polar surface area (TPSA) is 38.9 Å². The number of fused-ring (bicyclic) bond motifs is 1. The van der Waals surface area contributed by atoms with Gasteiger partial charge in [-0.1, -0.05) is 0 Å². The molecule has 0 amide bonds. The summed E-state index contributed by atoms with van der Waals surface area (Å²) in [5, 5.41) is 0.551. The van der Waals surface area contributed by atoms with E-state index in [1.807, 2.05) is 0 Å². The molecule has 2 nitrogen and oxygen atoms in total. The summed E-state index contributed by atoms with van der Waals surface area (Å²) in [7, 11) is 0. The first-order chi connectivity index (χ1) is 6.59. The predicted molar refractivity (Wildman–Crippen MR) is 50.8 cm³/mol. The molecule has 1 aromatic carbocycles. The first kappa shape index (κ1) is 8.87. The van der Waals surface area contributed by atoms with E-state index in [-0.39, 0.29) is 11.3 Å². The van der Waals surface area contributed by atoms with Gasteiger partial charge in [-0.25, -0.2) is 13.8 Å². The Hall–Kier alpha value is -1.71. The number of aromatic nitrogens is 1. The molecule has 0 aliphatic rings. The maximum absolute atomic E-state index is 13.2. The van der Waals surface area contributed by atoms with Crippen molar-refractivity contribution in [1.29, 1.82) is 0 Å². The molecule has 0 radical (unpaired) electrons. The van der Waals surface area contributed by atoms with Crippen molar-refractivity contribution in [1.82, 2.24) is 4.98 Å². The number of hydrogen-bond acceptors (Lipinski definition) is 2. The Morgan fingerprint density at radius 3 is 2.71 bits per heavy atom. The number of anilines is 1. The molecule has 0 spiro atoms. The zero-order chi connectivity index (χ0) is 10.3. The van der Waals surface area contributed by atoms with Gasteiger partial charge in [0.25, 0.3) is 0 Å². The molecule has 72 valence electrons. The highest BCUT2D eigenvalue weighted by Gasteiger charge is 2.09.